The van der Waals surface area contributed by atoms with Crippen molar-refractivity contribution in [3.05, 3.63) is 76.9 Å². The normalized spacial score (nSPS) is 17.0. The molecule has 1 atom stereocenters. The SMILES string of the molecule is C=Cc1ccc2c(c1)CCC(CCc1ccc(CC)cc1)C2. The zero-order valence-corrected chi connectivity index (χ0v) is 13.6. The maximum absolute atomic E-state index is 3.87. The van der Waals surface area contributed by atoms with Gasteiger partial charge in [0.2, 0.25) is 0 Å². The van der Waals surface area contributed by atoms with E-state index in [-0.39, 0.29) is 0 Å². The summed E-state index contributed by atoms with van der Waals surface area (Å²) >= 11 is 0. The lowest BCUT2D eigenvalue weighted by Crippen LogP contribution is -2.15. The summed E-state index contributed by atoms with van der Waals surface area (Å²) in [5.41, 5.74) is 7.29. The van der Waals surface area contributed by atoms with E-state index in [1.54, 1.807) is 11.1 Å². The smallest absolute Gasteiger partial charge is 0.0247 e. The Morgan fingerprint density at radius 3 is 2.55 bits per heavy atom. The molecule has 0 aromatic heterocycles. The van der Waals surface area contributed by atoms with Crippen molar-refractivity contribution in [2.45, 2.75) is 45.4 Å². The van der Waals surface area contributed by atoms with Gasteiger partial charge >= 0.3 is 0 Å². The molecule has 0 N–H and O–H groups in total. The fourth-order valence-electron chi connectivity index (χ4n) is 3.54. The van der Waals surface area contributed by atoms with Crippen LogP contribution in [0.15, 0.2) is 49.0 Å². The fourth-order valence-corrected chi connectivity index (χ4v) is 3.54. The van der Waals surface area contributed by atoms with Crippen molar-refractivity contribution in [3.8, 4) is 0 Å². The first kappa shape index (κ1) is 15.1. The third-order valence-corrected chi connectivity index (χ3v) is 5.07. The molecule has 2 aromatic carbocycles. The molecule has 2 aromatic rings. The standard InChI is InChI=1S/C22H26/c1-3-17-5-7-19(8-6-17)9-10-20-12-14-21-15-18(4-2)11-13-22(21)16-20/h4-8,11,13,15,20H,2-3,9-10,12,14,16H2,1H3. The van der Waals surface area contributed by atoms with Gasteiger partial charge in [0, 0.05) is 0 Å². The van der Waals surface area contributed by atoms with Crippen LogP contribution in [0.5, 0.6) is 0 Å². The average molecular weight is 290 g/mol. The Kier molecular flexibility index (Phi) is 4.77. The van der Waals surface area contributed by atoms with Crippen molar-refractivity contribution in [2.75, 3.05) is 0 Å². The van der Waals surface area contributed by atoms with Crippen LogP contribution in [0.4, 0.5) is 0 Å². The predicted molar refractivity (Wildman–Crippen MR) is 96.2 cm³/mol. The quantitative estimate of drug-likeness (QED) is 0.669. The van der Waals surface area contributed by atoms with Gasteiger partial charge < -0.3 is 0 Å². The van der Waals surface area contributed by atoms with Gasteiger partial charge in [0.1, 0.15) is 0 Å². The zero-order chi connectivity index (χ0) is 15.4. The topological polar surface area (TPSA) is 0 Å². The van der Waals surface area contributed by atoms with E-state index in [0.717, 1.165) is 12.3 Å². The Bertz CT molecular complexity index is 634. The molecule has 0 saturated heterocycles. The second kappa shape index (κ2) is 6.96. The third-order valence-electron chi connectivity index (χ3n) is 5.07. The Labute approximate surface area is 134 Å². The van der Waals surface area contributed by atoms with Crippen LogP contribution < -0.4 is 0 Å². The van der Waals surface area contributed by atoms with Crippen molar-refractivity contribution in [3.63, 3.8) is 0 Å². The molecule has 3 rings (SSSR count). The molecule has 0 bridgehead atoms. The summed E-state index contributed by atoms with van der Waals surface area (Å²) in [5, 5.41) is 0. The fraction of sp³-hybridized carbons (Fsp3) is 0.364. The van der Waals surface area contributed by atoms with Crippen LogP contribution in [0.3, 0.4) is 0 Å². The Morgan fingerprint density at radius 2 is 1.82 bits per heavy atom. The molecule has 0 radical (unpaired) electrons. The summed E-state index contributed by atoms with van der Waals surface area (Å²) in [5.74, 6) is 0.841. The highest BCUT2D eigenvalue weighted by atomic mass is 14.2. The first-order chi connectivity index (χ1) is 10.8. The van der Waals surface area contributed by atoms with Crippen LogP contribution in [0, 0.1) is 5.92 Å². The minimum atomic E-state index is 0.841. The van der Waals surface area contributed by atoms with E-state index in [1.165, 1.54) is 48.8 Å². The van der Waals surface area contributed by atoms with Crippen molar-refractivity contribution in [1.29, 1.82) is 0 Å². The monoisotopic (exact) mass is 290 g/mol. The van der Waals surface area contributed by atoms with E-state index in [0.29, 0.717) is 0 Å². The van der Waals surface area contributed by atoms with Crippen molar-refractivity contribution in [1.82, 2.24) is 0 Å². The molecule has 114 valence electrons. The van der Waals surface area contributed by atoms with E-state index in [1.807, 2.05) is 6.08 Å². The number of benzene rings is 2. The zero-order valence-electron chi connectivity index (χ0n) is 13.6. The van der Waals surface area contributed by atoms with Crippen molar-refractivity contribution < 1.29 is 0 Å². The maximum Gasteiger partial charge on any atom is -0.0247 e. The van der Waals surface area contributed by atoms with Gasteiger partial charge in [0.15, 0.2) is 0 Å². The lowest BCUT2D eigenvalue weighted by Gasteiger charge is -2.25. The number of fused-ring (bicyclic) bond motifs is 1. The van der Waals surface area contributed by atoms with Crippen LogP contribution in [0.2, 0.25) is 0 Å². The van der Waals surface area contributed by atoms with Crippen molar-refractivity contribution >= 4 is 6.08 Å². The molecule has 0 amide bonds. The summed E-state index contributed by atoms with van der Waals surface area (Å²) in [4.78, 5) is 0. The van der Waals surface area contributed by atoms with Crippen LogP contribution in [0.25, 0.3) is 6.08 Å². The highest BCUT2D eigenvalue weighted by Gasteiger charge is 2.18. The second-order valence-corrected chi connectivity index (χ2v) is 6.55. The molecule has 0 aliphatic heterocycles. The number of hydrogen-bond acceptors (Lipinski definition) is 0. The largest absolute Gasteiger partial charge is 0.0985 e. The van der Waals surface area contributed by atoms with Gasteiger partial charge in [-0.25, -0.2) is 0 Å². The van der Waals surface area contributed by atoms with E-state index < -0.39 is 0 Å². The molecular weight excluding hydrogens is 264 g/mol. The van der Waals surface area contributed by atoms with Crippen LogP contribution >= 0.6 is 0 Å². The molecule has 0 saturated carbocycles. The molecule has 0 fully saturated rings. The minimum Gasteiger partial charge on any atom is -0.0985 e. The first-order valence-electron chi connectivity index (χ1n) is 8.60. The number of hydrogen-bond donors (Lipinski definition) is 0. The first-order valence-corrected chi connectivity index (χ1v) is 8.60. The van der Waals surface area contributed by atoms with Gasteiger partial charge in [-0.2, -0.15) is 0 Å². The summed E-state index contributed by atoms with van der Waals surface area (Å²) in [6.45, 7) is 6.08. The average Bonchev–Trinajstić information content (AvgIpc) is 2.59. The summed E-state index contributed by atoms with van der Waals surface area (Å²) in [6, 6.07) is 16.0. The second-order valence-electron chi connectivity index (χ2n) is 6.55. The Morgan fingerprint density at radius 1 is 1.05 bits per heavy atom. The van der Waals surface area contributed by atoms with Gasteiger partial charge in [-0.1, -0.05) is 62.0 Å². The van der Waals surface area contributed by atoms with Gasteiger partial charge in [0.05, 0.1) is 0 Å². The molecule has 1 unspecified atom stereocenters. The molecule has 0 heteroatoms. The molecular formula is C22H26. The highest BCUT2D eigenvalue weighted by molar-refractivity contribution is 5.50. The third kappa shape index (κ3) is 3.50. The Hall–Kier alpha value is -1.82. The van der Waals surface area contributed by atoms with Gasteiger partial charge in [-0.3, -0.25) is 0 Å². The summed E-state index contributed by atoms with van der Waals surface area (Å²) in [7, 11) is 0. The molecule has 0 nitrogen and oxygen atoms in total. The highest BCUT2D eigenvalue weighted by Crippen LogP contribution is 2.29. The summed E-state index contributed by atoms with van der Waals surface area (Å²) in [6.07, 6.45) is 9.43. The van der Waals surface area contributed by atoms with E-state index in [4.69, 9.17) is 0 Å². The minimum absolute atomic E-state index is 0.841. The lowest BCUT2D eigenvalue weighted by molar-refractivity contribution is 0.427. The van der Waals surface area contributed by atoms with E-state index in [9.17, 15) is 0 Å². The number of rotatable bonds is 5. The molecule has 0 spiro atoms. The van der Waals surface area contributed by atoms with E-state index in [2.05, 4.69) is 56.0 Å². The van der Waals surface area contributed by atoms with Gasteiger partial charge in [-0.05, 0) is 72.3 Å². The molecule has 22 heavy (non-hydrogen) atoms. The van der Waals surface area contributed by atoms with E-state index >= 15 is 0 Å². The molecule has 0 heterocycles. The Balaban J connectivity index is 1.59. The van der Waals surface area contributed by atoms with Gasteiger partial charge in [-0.15, -0.1) is 0 Å². The molecule has 1 aliphatic rings. The van der Waals surface area contributed by atoms with Gasteiger partial charge in [0.25, 0.3) is 0 Å². The maximum atomic E-state index is 3.87. The number of aryl methyl sites for hydroxylation is 3. The molecule has 1 aliphatic carbocycles. The van der Waals surface area contributed by atoms with Crippen molar-refractivity contribution in [2.24, 2.45) is 5.92 Å². The van der Waals surface area contributed by atoms with Crippen LogP contribution in [-0.2, 0) is 25.7 Å². The lowest BCUT2D eigenvalue weighted by atomic mass is 9.80. The predicted octanol–water partition coefficient (Wildman–Crippen LogP) is 5.63. The summed E-state index contributed by atoms with van der Waals surface area (Å²) < 4.78 is 0. The van der Waals surface area contributed by atoms with Crippen LogP contribution in [-0.4, -0.2) is 0 Å². The van der Waals surface area contributed by atoms with Crippen LogP contribution in [0.1, 0.15) is 47.6 Å².